The molecule has 6 nitrogen and oxygen atoms in total. The van der Waals surface area contributed by atoms with Crippen LogP contribution in [0.15, 0.2) is 9.41 Å². The summed E-state index contributed by atoms with van der Waals surface area (Å²) < 4.78 is 10.9. The van der Waals surface area contributed by atoms with Crippen LogP contribution in [0.3, 0.4) is 0 Å². The summed E-state index contributed by atoms with van der Waals surface area (Å²) in [6.45, 7) is 11.8. The lowest BCUT2D eigenvalue weighted by Gasteiger charge is -2.24. The van der Waals surface area contributed by atoms with Crippen LogP contribution in [0, 0.1) is 13.8 Å². The van der Waals surface area contributed by atoms with Crippen LogP contribution in [-0.2, 0) is 11.3 Å². The Hall–Kier alpha value is -1.56. The van der Waals surface area contributed by atoms with Gasteiger partial charge < -0.3 is 19.8 Å². The Morgan fingerprint density at radius 2 is 2.05 bits per heavy atom. The topological polar surface area (TPSA) is 71.7 Å². The molecule has 2 N–H and O–H groups in total. The Morgan fingerprint density at radius 1 is 1.35 bits per heavy atom. The molecule has 0 aliphatic carbocycles. The molecule has 1 aromatic heterocycles. The number of hydrogen-bond acceptors (Lipinski definition) is 4. The molecule has 0 fully saturated rings. The summed E-state index contributed by atoms with van der Waals surface area (Å²) in [4.78, 5) is 8.77. The number of ether oxygens (including phenoxy) is 1. The molecular formula is C14H26N4O2. The first kappa shape index (κ1) is 16.5. The van der Waals surface area contributed by atoms with E-state index in [1.165, 1.54) is 0 Å². The zero-order valence-corrected chi connectivity index (χ0v) is 13.3. The van der Waals surface area contributed by atoms with Gasteiger partial charge >= 0.3 is 0 Å². The van der Waals surface area contributed by atoms with Gasteiger partial charge in [-0.15, -0.1) is 0 Å². The van der Waals surface area contributed by atoms with E-state index < -0.39 is 0 Å². The van der Waals surface area contributed by atoms with Gasteiger partial charge in [0, 0.05) is 20.2 Å². The van der Waals surface area contributed by atoms with Crippen molar-refractivity contribution >= 4 is 5.96 Å². The van der Waals surface area contributed by atoms with Gasteiger partial charge in [-0.1, -0.05) is 0 Å². The molecule has 1 aromatic rings. The third kappa shape index (κ3) is 5.21. The molecule has 0 unspecified atom stereocenters. The molecule has 6 heteroatoms. The number of rotatable bonds is 6. The third-order valence-corrected chi connectivity index (χ3v) is 3.02. The minimum Gasteiger partial charge on any atom is -0.444 e. The highest BCUT2D eigenvalue weighted by Gasteiger charge is 2.16. The van der Waals surface area contributed by atoms with Gasteiger partial charge in [-0.3, -0.25) is 0 Å². The minimum atomic E-state index is -0.244. The Labute approximate surface area is 121 Å². The first-order valence-electron chi connectivity index (χ1n) is 6.88. The molecule has 0 amide bonds. The molecule has 0 saturated carbocycles. The molecule has 0 aliphatic rings. The number of hydrogen-bond donors (Lipinski definition) is 2. The van der Waals surface area contributed by atoms with Crippen LogP contribution >= 0.6 is 0 Å². The van der Waals surface area contributed by atoms with Crippen LogP contribution in [-0.4, -0.2) is 36.7 Å². The zero-order valence-electron chi connectivity index (χ0n) is 13.3. The highest BCUT2D eigenvalue weighted by atomic mass is 16.5. The first-order chi connectivity index (χ1) is 9.38. The van der Waals surface area contributed by atoms with Crippen LogP contribution in [0.5, 0.6) is 0 Å². The fraction of sp³-hybridized carbons (Fsp3) is 0.714. The lowest BCUT2D eigenvalue weighted by molar-refractivity contribution is 0.0268. The zero-order chi connectivity index (χ0) is 15.2. The van der Waals surface area contributed by atoms with E-state index in [0.29, 0.717) is 19.0 Å². The lowest BCUT2D eigenvalue weighted by Crippen LogP contribution is -2.45. The largest absolute Gasteiger partial charge is 0.444 e. The molecule has 1 rings (SSSR count). The van der Waals surface area contributed by atoms with E-state index in [1.807, 2.05) is 34.6 Å². The molecule has 0 radical (unpaired) electrons. The molecule has 20 heavy (non-hydrogen) atoms. The summed E-state index contributed by atoms with van der Waals surface area (Å²) in [6, 6.07) is 0. The number of nitrogens with zero attached hydrogens (tertiary/aromatic N) is 2. The molecule has 0 atom stereocenters. The van der Waals surface area contributed by atoms with E-state index in [0.717, 1.165) is 24.0 Å². The third-order valence-electron chi connectivity index (χ3n) is 3.02. The van der Waals surface area contributed by atoms with Crippen molar-refractivity contribution in [2.75, 3.05) is 20.2 Å². The van der Waals surface area contributed by atoms with E-state index >= 15 is 0 Å². The van der Waals surface area contributed by atoms with Crippen molar-refractivity contribution in [3.8, 4) is 0 Å². The predicted octanol–water partition coefficient (Wildman–Crippen LogP) is 1.77. The monoisotopic (exact) mass is 282 g/mol. The van der Waals surface area contributed by atoms with Crippen molar-refractivity contribution in [1.82, 2.24) is 15.6 Å². The minimum absolute atomic E-state index is 0.244. The molecule has 0 aromatic carbocycles. The first-order valence-corrected chi connectivity index (χ1v) is 6.88. The second-order valence-corrected chi connectivity index (χ2v) is 5.26. The number of oxazole rings is 1. The fourth-order valence-corrected chi connectivity index (χ4v) is 1.46. The fourth-order valence-electron chi connectivity index (χ4n) is 1.46. The Bertz CT molecular complexity index is 433. The van der Waals surface area contributed by atoms with Gasteiger partial charge in [0.05, 0.1) is 11.3 Å². The van der Waals surface area contributed by atoms with Gasteiger partial charge in [-0.05, 0) is 34.6 Å². The van der Waals surface area contributed by atoms with Crippen LogP contribution in [0.25, 0.3) is 0 Å². The average Bonchev–Trinajstić information content (AvgIpc) is 2.72. The van der Waals surface area contributed by atoms with Gasteiger partial charge in [0.1, 0.15) is 12.3 Å². The summed E-state index contributed by atoms with van der Waals surface area (Å²) >= 11 is 0. The van der Waals surface area contributed by atoms with E-state index in [1.54, 1.807) is 7.11 Å². The van der Waals surface area contributed by atoms with E-state index in [9.17, 15) is 0 Å². The quantitative estimate of drug-likeness (QED) is 0.614. The Balaban J connectivity index is 2.62. The number of nitrogens with one attached hydrogen (secondary N) is 2. The van der Waals surface area contributed by atoms with Crippen molar-refractivity contribution in [3.05, 3.63) is 17.3 Å². The van der Waals surface area contributed by atoms with Gasteiger partial charge in [-0.25, -0.2) is 9.98 Å². The Morgan fingerprint density at radius 3 is 2.55 bits per heavy atom. The number of aromatic nitrogens is 1. The molecule has 0 bridgehead atoms. The summed E-state index contributed by atoms with van der Waals surface area (Å²) in [7, 11) is 1.70. The van der Waals surface area contributed by atoms with Crippen molar-refractivity contribution < 1.29 is 9.15 Å². The summed E-state index contributed by atoms with van der Waals surface area (Å²) in [5.74, 6) is 2.20. The molecular weight excluding hydrogens is 256 g/mol. The van der Waals surface area contributed by atoms with Gasteiger partial charge in [-0.2, -0.15) is 0 Å². The number of aliphatic imine (C=N–C) groups is 1. The second kappa shape index (κ2) is 7.28. The standard InChI is InChI=1S/C14H26N4O2/c1-7-15-13(17-9-14(4,5)19-6)16-8-12-18-10(2)11(3)20-12/h7-9H2,1-6H3,(H2,15,16,17). The van der Waals surface area contributed by atoms with Gasteiger partial charge in [0.15, 0.2) is 5.96 Å². The molecule has 0 aliphatic heterocycles. The second-order valence-electron chi connectivity index (χ2n) is 5.26. The van der Waals surface area contributed by atoms with E-state index in [-0.39, 0.29) is 5.60 Å². The van der Waals surface area contributed by atoms with Crippen molar-refractivity contribution in [3.63, 3.8) is 0 Å². The molecule has 0 saturated heterocycles. The van der Waals surface area contributed by atoms with Crippen LogP contribution in [0.1, 0.15) is 38.1 Å². The van der Waals surface area contributed by atoms with E-state index in [2.05, 4.69) is 20.6 Å². The van der Waals surface area contributed by atoms with Gasteiger partial charge in [0.2, 0.25) is 5.89 Å². The van der Waals surface area contributed by atoms with Crippen LogP contribution in [0.2, 0.25) is 0 Å². The van der Waals surface area contributed by atoms with Crippen LogP contribution in [0.4, 0.5) is 0 Å². The van der Waals surface area contributed by atoms with Crippen molar-refractivity contribution in [2.45, 2.75) is 46.8 Å². The smallest absolute Gasteiger partial charge is 0.216 e. The van der Waals surface area contributed by atoms with Crippen molar-refractivity contribution in [2.24, 2.45) is 4.99 Å². The van der Waals surface area contributed by atoms with Gasteiger partial charge in [0.25, 0.3) is 0 Å². The maximum absolute atomic E-state index is 5.51. The summed E-state index contributed by atoms with van der Waals surface area (Å²) in [5.41, 5.74) is 0.667. The molecule has 1 heterocycles. The lowest BCUT2D eigenvalue weighted by atomic mass is 10.1. The number of guanidine groups is 1. The normalized spacial score (nSPS) is 12.6. The SMILES string of the molecule is CCNC(=NCc1nc(C)c(C)o1)NCC(C)(C)OC. The molecule has 0 spiro atoms. The number of aryl methyl sites for hydroxylation is 2. The summed E-state index contributed by atoms with van der Waals surface area (Å²) in [5, 5.41) is 6.43. The average molecular weight is 282 g/mol. The number of methoxy groups -OCH3 is 1. The highest BCUT2D eigenvalue weighted by molar-refractivity contribution is 5.79. The maximum Gasteiger partial charge on any atom is 0.216 e. The summed E-state index contributed by atoms with van der Waals surface area (Å²) in [6.07, 6.45) is 0. The van der Waals surface area contributed by atoms with E-state index in [4.69, 9.17) is 9.15 Å². The highest BCUT2D eigenvalue weighted by Crippen LogP contribution is 2.09. The Kier molecular flexibility index (Phi) is 6.01. The van der Waals surface area contributed by atoms with Crippen molar-refractivity contribution in [1.29, 1.82) is 0 Å². The predicted molar refractivity (Wildman–Crippen MR) is 79.9 cm³/mol. The maximum atomic E-state index is 5.51. The molecule has 114 valence electrons. The van der Waals surface area contributed by atoms with Crippen LogP contribution < -0.4 is 10.6 Å².